The van der Waals surface area contributed by atoms with Gasteiger partial charge in [0.2, 0.25) is 0 Å². The van der Waals surface area contributed by atoms with Crippen molar-refractivity contribution in [1.82, 2.24) is 9.97 Å². The zero-order chi connectivity index (χ0) is 40.5. The number of benzene rings is 10. The molecule has 1 aromatic heterocycles. The topological polar surface area (TPSA) is 29.0 Å². The van der Waals surface area contributed by atoms with Crippen LogP contribution in [0.1, 0.15) is 0 Å². The van der Waals surface area contributed by atoms with Gasteiger partial charge in [-0.1, -0.05) is 188 Å². The molecule has 0 spiro atoms. The van der Waals surface area contributed by atoms with E-state index < -0.39 is 0 Å². The Kier molecular flexibility index (Phi) is 9.18. The van der Waals surface area contributed by atoms with Gasteiger partial charge < -0.3 is 4.90 Å². The van der Waals surface area contributed by atoms with Gasteiger partial charge in [-0.05, 0) is 98.1 Å². The lowest BCUT2D eigenvalue weighted by atomic mass is 9.96. The Morgan fingerprint density at radius 1 is 0.279 bits per heavy atom. The quantitative estimate of drug-likeness (QED) is 0.144. The van der Waals surface area contributed by atoms with E-state index in [9.17, 15) is 0 Å². The van der Waals surface area contributed by atoms with Crippen molar-refractivity contribution in [3.8, 4) is 55.9 Å². The minimum atomic E-state index is 0.881. The SMILES string of the molecule is c1ccc(-c2ccc(N(c3ccc(-c4ccc5c(ccc6ccc7nc(-c8ccccc8)c(-c8ccccc8)nc7c65)c4)cc3)c3cccc(-c4ccccc4)c3)cc2)cc1. The first kappa shape index (κ1) is 36.0. The van der Waals surface area contributed by atoms with E-state index in [2.05, 4.69) is 229 Å². The summed E-state index contributed by atoms with van der Waals surface area (Å²) in [6, 6.07) is 84.0. The zero-order valence-electron chi connectivity index (χ0n) is 33.4. The third-order valence-corrected chi connectivity index (χ3v) is 11.6. The van der Waals surface area contributed by atoms with E-state index in [-0.39, 0.29) is 0 Å². The van der Waals surface area contributed by atoms with Crippen LogP contribution in [0.25, 0.3) is 88.5 Å². The van der Waals surface area contributed by atoms with Crippen LogP contribution < -0.4 is 4.90 Å². The summed E-state index contributed by atoms with van der Waals surface area (Å²) in [5.74, 6) is 0. The largest absolute Gasteiger partial charge is 0.310 e. The van der Waals surface area contributed by atoms with E-state index >= 15 is 0 Å². The summed E-state index contributed by atoms with van der Waals surface area (Å²) in [5, 5.41) is 4.58. The van der Waals surface area contributed by atoms with Gasteiger partial charge in [-0.15, -0.1) is 0 Å². The van der Waals surface area contributed by atoms with Gasteiger partial charge in [-0.25, -0.2) is 9.97 Å². The molecule has 0 N–H and O–H groups in total. The summed E-state index contributed by atoms with van der Waals surface area (Å²) in [6.45, 7) is 0. The Hall–Kier alpha value is -8.14. The number of aromatic nitrogens is 2. The fraction of sp³-hybridized carbons (Fsp3) is 0. The number of nitrogens with zero attached hydrogens (tertiary/aromatic N) is 3. The highest BCUT2D eigenvalue weighted by Crippen LogP contribution is 2.40. The second-order valence-electron chi connectivity index (χ2n) is 15.4. The van der Waals surface area contributed by atoms with Crippen LogP contribution in [0.3, 0.4) is 0 Å². The standard InChI is InChI=1S/C58H39N3/c1-5-14-40(15-6-1)42-26-32-50(33-27-42)61(52-23-13-22-47(39-52)41-16-7-2-8-17-41)51-34-28-43(29-35-51)48-30-36-53-49(38-48)25-24-44-31-37-54-58(55(44)53)60-57(46-20-11-4-12-21-46)56(59-54)45-18-9-3-10-19-45/h1-39H. The van der Waals surface area contributed by atoms with Crippen LogP contribution in [0.5, 0.6) is 0 Å². The molecule has 0 atom stereocenters. The molecule has 3 nitrogen and oxygen atoms in total. The van der Waals surface area contributed by atoms with E-state index in [1.165, 1.54) is 22.3 Å². The lowest BCUT2D eigenvalue weighted by Gasteiger charge is -2.26. The molecule has 10 aromatic carbocycles. The van der Waals surface area contributed by atoms with Crippen LogP contribution in [0.4, 0.5) is 17.1 Å². The lowest BCUT2D eigenvalue weighted by molar-refractivity contribution is 1.28. The van der Waals surface area contributed by atoms with Crippen LogP contribution in [-0.2, 0) is 0 Å². The fourth-order valence-corrected chi connectivity index (χ4v) is 8.58. The Morgan fingerprint density at radius 2 is 0.721 bits per heavy atom. The number of fused-ring (bicyclic) bond motifs is 5. The minimum Gasteiger partial charge on any atom is -0.310 e. The highest BCUT2D eigenvalue weighted by atomic mass is 15.1. The summed E-state index contributed by atoms with van der Waals surface area (Å²) >= 11 is 0. The molecule has 11 rings (SSSR count). The van der Waals surface area contributed by atoms with E-state index in [1.54, 1.807) is 0 Å². The molecule has 0 radical (unpaired) electrons. The van der Waals surface area contributed by atoms with Crippen LogP contribution in [0.2, 0.25) is 0 Å². The predicted molar refractivity (Wildman–Crippen MR) is 256 cm³/mol. The molecule has 0 amide bonds. The smallest absolute Gasteiger partial charge is 0.0979 e. The monoisotopic (exact) mass is 777 g/mol. The van der Waals surface area contributed by atoms with Gasteiger partial charge in [0.05, 0.1) is 22.4 Å². The van der Waals surface area contributed by atoms with Crippen molar-refractivity contribution in [2.75, 3.05) is 4.90 Å². The van der Waals surface area contributed by atoms with Crippen molar-refractivity contribution in [3.63, 3.8) is 0 Å². The van der Waals surface area contributed by atoms with Gasteiger partial charge in [0.25, 0.3) is 0 Å². The van der Waals surface area contributed by atoms with E-state index in [1.807, 2.05) is 12.1 Å². The zero-order valence-corrected chi connectivity index (χ0v) is 33.4. The molecule has 11 aromatic rings. The van der Waals surface area contributed by atoms with Gasteiger partial charge in [0, 0.05) is 33.6 Å². The van der Waals surface area contributed by atoms with Gasteiger partial charge in [0.15, 0.2) is 0 Å². The van der Waals surface area contributed by atoms with Gasteiger partial charge in [-0.3, -0.25) is 0 Å². The molecule has 0 aliphatic carbocycles. The highest BCUT2D eigenvalue weighted by Gasteiger charge is 2.18. The molecule has 0 bridgehead atoms. The molecule has 61 heavy (non-hydrogen) atoms. The molecule has 286 valence electrons. The summed E-state index contributed by atoms with van der Waals surface area (Å²) in [4.78, 5) is 13.1. The van der Waals surface area contributed by atoms with E-state index in [4.69, 9.17) is 9.97 Å². The van der Waals surface area contributed by atoms with Crippen LogP contribution in [-0.4, -0.2) is 9.97 Å². The van der Waals surface area contributed by atoms with Crippen LogP contribution >= 0.6 is 0 Å². The summed E-state index contributed by atoms with van der Waals surface area (Å²) in [6.07, 6.45) is 0. The van der Waals surface area contributed by atoms with Gasteiger partial charge in [-0.2, -0.15) is 0 Å². The summed E-state index contributed by atoms with van der Waals surface area (Å²) in [5.41, 5.74) is 16.0. The second kappa shape index (κ2) is 15.6. The molecular formula is C58H39N3. The maximum absolute atomic E-state index is 5.43. The molecular weight excluding hydrogens is 739 g/mol. The van der Waals surface area contributed by atoms with Crippen LogP contribution in [0, 0.1) is 0 Å². The molecule has 0 aliphatic heterocycles. The van der Waals surface area contributed by atoms with Gasteiger partial charge in [0.1, 0.15) is 0 Å². The van der Waals surface area contributed by atoms with Crippen molar-refractivity contribution in [2.45, 2.75) is 0 Å². The third-order valence-electron chi connectivity index (χ3n) is 11.6. The average Bonchev–Trinajstić information content (AvgIpc) is 3.35. The highest BCUT2D eigenvalue weighted by molar-refractivity contribution is 6.19. The van der Waals surface area contributed by atoms with E-state index in [0.29, 0.717) is 0 Å². The van der Waals surface area contributed by atoms with Crippen molar-refractivity contribution in [3.05, 3.63) is 237 Å². The van der Waals surface area contributed by atoms with Crippen molar-refractivity contribution < 1.29 is 0 Å². The molecule has 0 fully saturated rings. The van der Waals surface area contributed by atoms with Crippen molar-refractivity contribution in [2.24, 2.45) is 0 Å². The lowest BCUT2D eigenvalue weighted by Crippen LogP contribution is -2.10. The first-order valence-corrected chi connectivity index (χ1v) is 20.7. The number of anilines is 3. The van der Waals surface area contributed by atoms with Crippen molar-refractivity contribution in [1.29, 1.82) is 0 Å². The molecule has 0 unspecified atom stereocenters. The molecule has 0 saturated carbocycles. The Labute approximate surface area is 355 Å². The number of rotatable bonds is 8. The number of hydrogen-bond donors (Lipinski definition) is 0. The maximum Gasteiger partial charge on any atom is 0.0979 e. The van der Waals surface area contributed by atoms with Gasteiger partial charge >= 0.3 is 0 Å². The second-order valence-corrected chi connectivity index (χ2v) is 15.4. The van der Waals surface area contributed by atoms with Crippen LogP contribution in [0.15, 0.2) is 237 Å². The van der Waals surface area contributed by atoms with E-state index in [0.717, 1.165) is 83.3 Å². The summed E-state index contributed by atoms with van der Waals surface area (Å²) < 4.78 is 0. The predicted octanol–water partition coefficient (Wildman–Crippen LogP) is 15.7. The average molecular weight is 778 g/mol. The molecule has 1 heterocycles. The fourth-order valence-electron chi connectivity index (χ4n) is 8.58. The number of hydrogen-bond acceptors (Lipinski definition) is 3. The first-order chi connectivity index (χ1) is 30.2. The Morgan fingerprint density at radius 3 is 1.33 bits per heavy atom. The normalized spacial score (nSPS) is 11.3. The maximum atomic E-state index is 5.43. The van der Waals surface area contributed by atoms with Crippen molar-refractivity contribution >= 4 is 49.6 Å². The Balaban J connectivity index is 0.989. The molecule has 0 aliphatic rings. The minimum absolute atomic E-state index is 0.881. The first-order valence-electron chi connectivity index (χ1n) is 20.7. The third kappa shape index (κ3) is 6.88. The Bertz CT molecular complexity index is 3310. The molecule has 0 saturated heterocycles. The molecule has 3 heteroatoms. The summed E-state index contributed by atoms with van der Waals surface area (Å²) in [7, 11) is 0.